The number of carbonyl (C=O) groups excluding carboxylic acids is 2. The maximum absolute atomic E-state index is 13.6. The third kappa shape index (κ3) is 5.04. The van der Waals surface area contributed by atoms with Gasteiger partial charge in [-0.3, -0.25) is 14.5 Å². The molecule has 1 atom stereocenters. The van der Waals surface area contributed by atoms with Crippen LogP contribution in [0.15, 0.2) is 64.6 Å². The van der Waals surface area contributed by atoms with Gasteiger partial charge in [-0.2, -0.15) is 0 Å². The van der Waals surface area contributed by atoms with Gasteiger partial charge in [0.15, 0.2) is 16.6 Å². The van der Waals surface area contributed by atoms with Crippen molar-refractivity contribution in [2.75, 3.05) is 18.6 Å². The van der Waals surface area contributed by atoms with E-state index in [1.807, 2.05) is 25.1 Å². The number of unbranched alkanes of at least 4 members (excludes halogenated alkanes) is 1. The molecule has 1 unspecified atom stereocenters. The molecule has 0 aliphatic carbocycles. The summed E-state index contributed by atoms with van der Waals surface area (Å²) in [7, 11) is 1.40. The van der Waals surface area contributed by atoms with Gasteiger partial charge < -0.3 is 19.7 Å². The van der Waals surface area contributed by atoms with Crippen LogP contribution in [0, 0.1) is 6.92 Å². The zero-order valence-electron chi connectivity index (χ0n) is 22.1. The van der Waals surface area contributed by atoms with E-state index in [0.717, 1.165) is 23.1 Å². The Hall–Kier alpha value is -3.89. The molecule has 4 aromatic rings. The fourth-order valence-electron chi connectivity index (χ4n) is 4.60. The van der Waals surface area contributed by atoms with E-state index in [1.165, 1.54) is 23.3 Å². The number of ketones is 1. The van der Waals surface area contributed by atoms with Gasteiger partial charge in [-0.25, -0.2) is 4.98 Å². The summed E-state index contributed by atoms with van der Waals surface area (Å²) in [5.41, 5.74) is 2.39. The number of aryl methyl sites for hydroxylation is 1. The number of aromatic nitrogens is 1. The molecule has 5 rings (SSSR count). The van der Waals surface area contributed by atoms with E-state index >= 15 is 0 Å². The number of methoxy groups -OCH3 is 1. The number of aromatic hydroxyl groups is 1. The summed E-state index contributed by atoms with van der Waals surface area (Å²) in [6.07, 6.45) is 1.85. The SMILES string of the molecule is CCCCOc1cccc(/C(O)=C2\C(=O)C(=O)N(c3nc4ccc(C)cc4s3)C2c2cc(Br)c(O)c(OC)c2)c1. The molecule has 40 heavy (non-hydrogen) atoms. The van der Waals surface area contributed by atoms with Gasteiger partial charge >= 0.3 is 5.91 Å². The van der Waals surface area contributed by atoms with Crippen LogP contribution < -0.4 is 14.4 Å². The van der Waals surface area contributed by atoms with Crippen molar-refractivity contribution in [1.82, 2.24) is 4.98 Å². The average Bonchev–Trinajstić information content (AvgIpc) is 3.47. The lowest BCUT2D eigenvalue weighted by atomic mass is 9.95. The Balaban J connectivity index is 1.70. The first-order valence-electron chi connectivity index (χ1n) is 12.7. The number of Topliss-reactive ketones (excluding diaryl/α,β-unsaturated/α-hetero) is 1. The summed E-state index contributed by atoms with van der Waals surface area (Å²) in [6.45, 7) is 4.54. The minimum Gasteiger partial charge on any atom is -0.507 e. The summed E-state index contributed by atoms with van der Waals surface area (Å²) >= 11 is 4.62. The highest BCUT2D eigenvalue weighted by Crippen LogP contribution is 2.47. The number of aliphatic hydroxyl groups is 1. The number of carbonyl (C=O) groups is 2. The predicted molar refractivity (Wildman–Crippen MR) is 158 cm³/mol. The van der Waals surface area contributed by atoms with Gasteiger partial charge in [-0.15, -0.1) is 0 Å². The van der Waals surface area contributed by atoms with Crippen LogP contribution in [0.5, 0.6) is 17.2 Å². The zero-order valence-corrected chi connectivity index (χ0v) is 24.5. The van der Waals surface area contributed by atoms with Crippen molar-refractivity contribution >= 4 is 60.1 Å². The van der Waals surface area contributed by atoms with Crippen molar-refractivity contribution < 1.29 is 29.3 Å². The molecule has 0 radical (unpaired) electrons. The van der Waals surface area contributed by atoms with Crippen LogP contribution in [0.2, 0.25) is 0 Å². The fourth-order valence-corrected chi connectivity index (χ4v) is 6.15. The number of thiazole rings is 1. The molecule has 8 nitrogen and oxygen atoms in total. The molecule has 206 valence electrons. The highest BCUT2D eigenvalue weighted by Gasteiger charge is 2.48. The van der Waals surface area contributed by atoms with Gasteiger partial charge in [-0.05, 0) is 76.8 Å². The van der Waals surface area contributed by atoms with Crippen LogP contribution in [0.4, 0.5) is 5.13 Å². The quantitative estimate of drug-likeness (QED) is 0.0953. The number of phenols is 1. The maximum Gasteiger partial charge on any atom is 0.301 e. The third-order valence-electron chi connectivity index (χ3n) is 6.64. The van der Waals surface area contributed by atoms with Gasteiger partial charge in [-0.1, -0.05) is 42.9 Å². The molecule has 0 saturated carbocycles. The monoisotopic (exact) mass is 622 g/mol. The summed E-state index contributed by atoms with van der Waals surface area (Å²) in [6, 6.07) is 14.6. The Morgan fingerprint density at radius 3 is 2.70 bits per heavy atom. The van der Waals surface area contributed by atoms with Crippen molar-refractivity contribution in [2.45, 2.75) is 32.7 Å². The van der Waals surface area contributed by atoms with E-state index < -0.39 is 17.7 Å². The number of fused-ring (bicyclic) bond motifs is 1. The molecule has 2 N–H and O–H groups in total. The lowest BCUT2D eigenvalue weighted by molar-refractivity contribution is -0.132. The minimum absolute atomic E-state index is 0.106. The second-order valence-corrected chi connectivity index (χ2v) is 11.3. The smallest absolute Gasteiger partial charge is 0.301 e. The predicted octanol–water partition coefficient (Wildman–Crippen LogP) is 6.89. The van der Waals surface area contributed by atoms with E-state index in [-0.39, 0.29) is 22.8 Å². The number of nitrogens with zero attached hydrogens (tertiary/aromatic N) is 2. The number of amides is 1. The molecule has 1 aliphatic rings. The normalized spacial score (nSPS) is 16.6. The molecule has 2 heterocycles. The first-order chi connectivity index (χ1) is 19.2. The maximum atomic E-state index is 13.6. The molecule has 1 aliphatic heterocycles. The van der Waals surface area contributed by atoms with Crippen LogP contribution >= 0.6 is 27.3 Å². The van der Waals surface area contributed by atoms with Crippen molar-refractivity contribution in [3.8, 4) is 17.2 Å². The molecular weight excluding hydrogens is 596 g/mol. The van der Waals surface area contributed by atoms with Crippen LogP contribution in [0.1, 0.15) is 42.5 Å². The van der Waals surface area contributed by atoms with Crippen molar-refractivity contribution in [3.05, 3.63) is 81.3 Å². The van der Waals surface area contributed by atoms with Crippen LogP contribution in [0.3, 0.4) is 0 Å². The second kappa shape index (κ2) is 11.3. The van der Waals surface area contributed by atoms with Gasteiger partial charge in [0.2, 0.25) is 0 Å². The second-order valence-electron chi connectivity index (χ2n) is 9.42. The molecule has 1 aromatic heterocycles. The summed E-state index contributed by atoms with van der Waals surface area (Å²) in [5, 5.41) is 22.3. The van der Waals surface area contributed by atoms with Gasteiger partial charge in [0.25, 0.3) is 5.78 Å². The lowest BCUT2D eigenvalue weighted by Gasteiger charge is -2.24. The van der Waals surface area contributed by atoms with E-state index in [4.69, 9.17) is 9.47 Å². The van der Waals surface area contributed by atoms with Gasteiger partial charge in [0.1, 0.15) is 11.5 Å². The zero-order chi connectivity index (χ0) is 28.6. The summed E-state index contributed by atoms with van der Waals surface area (Å²) in [5.74, 6) is -1.46. The molecule has 1 amide bonds. The molecular formula is C30H27BrN2O6S. The minimum atomic E-state index is -1.04. The number of halogens is 1. The highest BCUT2D eigenvalue weighted by atomic mass is 79.9. The number of rotatable bonds is 8. The molecule has 0 bridgehead atoms. The largest absolute Gasteiger partial charge is 0.507 e. The number of ether oxygens (including phenoxy) is 2. The first kappa shape index (κ1) is 27.7. The van der Waals surface area contributed by atoms with Crippen molar-refractivity contribution in [2.24, 2.45) is 0 Å². The number of benzene rings is 3. The van der Waals surface area contributed by atoms with E-state index in [9.17, 15) is 19.8 Å². The van der Waals surface area contributed by atoms with Gasteiger partial charge in [0.05, 0.1) is 40.0 Å². The van der Waals surface area contributed by atoms with E-state index in [1.54, 1.807) is 36.4 Å². The Bertz CT molecular complexity index is 1660. The fraction of sp³-hybridized carbons (Fsp3) is 0.233. The Morgan fingerprint density at radius 1 is 1.15 bits per heavy atom. The standard InChI is InChI=1S/C30H27BrN2O6S/c1-4-5-11-39-19-8-6-7-17(13-19)26(34)24-25(18-14-20(31)27(35)22(15-18)38-3)33(29(37)28(24)36)30-32-21-10-9-16(2)12-23(21)40-30/h6-10,12-15,25,34-35H,4-5,11H2,1-3H3/b26-24+. The molecule has 10 heteroatoms. The van der Waals surface area contributed by atoms with Crippen molar-refractivity contribution in [1.29, 1.82) is 0 Å². The van der Waals surface area contributed by atoms with Crippen LogP contribution in [-0.4, -0.2) is 40.6 Å². The topological polar surface area (TPSA) is 109 Å². The van der Waals surface area contributed by atoms with Crippen LogP contribution in [-0.2, 0) is 9.59 Å². The first-order valence-corrected chi connectivity index (χ1v) is 14.3. The summed E-state index contributed by atoms with van der Waals surface area (Å²) in [4.78, 5) is 33.2. The number of aliphatic hydroxyl groups excluding tert-OH is 1. The average molecular weight is 624 g/mol. The Kier molecular flexibility index (Phi) is 7.82. The highest BCUT2D eigenvalue weighted by molar-refractivity contribution is 9.10. The van der Waals surface area contributed by atoms with Crippen LogP contribution in [0.25, 0.3) is 16.0 Å². The number of hydrogen-bond acceptors (Lipinski definition) is 8. The van der Waals surface area contributed by atoms with Crippen molar-refractivity contribution in [3.63, 3.8) is 0 Å². The molecule has 1 saturated heterocycles. The molecule has 3 aromatic carbocycles. The third-order valence-corrected chi connectivity index (χ3v) is 8.27. The number of phenolic OH excluding ortho intramolecular Hbond substituents is 1. The Labute approximate surface area is 243 Å². The summed E-state index contributed by atoms with van der Waals surface area (Å²) < 4.78 is 12.3. The van der Waals surface area contributed by atoms with Gasteiger partial charge in [0, 0.05) is 5.56 Å². The molecule has 0 spiro atoms. The number of anilines is 1. The molecule has 1 fully saturated rings. The number of hydrogen-bond donors (Lipinski definition) is 2. The van der Waals surface area contributed by atoms with E-state index in [0.29, 0.717) is 38.6 Å². The Morgan fingerprint density at radius 2 is 1.95 bits per heavy atom. The van der Waals surface area contributed by atoms with E-state index in [2.05, 4.69) is 27.8 Å². The lowest BCUT2D eigenvalue weighted by Crippen LogP contribution is -2.29.